The van der Waals surface area contributed by atoms with Crippen molar-refractivity contribution in [2.45, 2.75) is 63.6 Å². The first-order valence-corrected chi connectivity index (χ1v) is 12.2. The summed E-state index contributed by atoms with van der Waals surface area (Å²) in [5.74, 6) is 0.412. The normalized spacial score (nSPS) is 26.3. The molecule has 2 aromatic heterocycles. The summed E-state index contributed by atoms with van der Waals surface area (Å²) in [7, 11) is -3.17. The van der Waals surface area contributed by atoms with Crippen molar-refractivity contribution >= 4 is 27.0 Å². The Morgan fingerprint density at radius 3 is 2.57 bits per heavy atom. The van der Waals surface area contributed by atoms with Gasteiger partial charge in [-0.15, -0.1) is 0 Å². The van der Waals surface area contributed by atoms with Crippen LogP contribution in [-0.2, 0) is 10.0 Å². The maximum Gasteiger partial charge on any atom is 0.255 e. The zero-order valence-corrected chi connectivity index (χ0v) is 18.4. The number of pyridine rings is 1. The van der Waals surface area contributed by atoms with Crippen molar-refractivity contribution in [3.8, 4) is 0 Å². The fourth-order valence-corrected chi connectivity index (χ4v) is 5.54. The number of aliphatic hydroxyl groups is 1. The van der Waals surface area contributed by atoms with E-state index in [0.717, 1.165) is 18.2 Å². The van der Waals surface area contributed by atoms with Crippen LogP contribution in [0.1, 0.15) is 50.6 Å². The van der Waals surface area contributed by atoms with Crippen LogP contribution in [0, 0.1) is 6.92 Å². The van der Waals surface area contributed by atoms with E-state index in [-0.39, 0.29) is 17.6 Å². The highest BCUT2D eigenvalue weighted by atomic mass is 32.2. The molecule has 164 valence electrons. The average molecular weight is 436 g/mol. The summed E-state index contributed by atoms with van der Waals surface area (Å²) in [6.07, 6.45) is 6.47. The molecule has 0 unspecified atom stereocenters. The number of anilines is 1. The van der Waals surface area contributed by atoms with Gasteiger partial charge >= 0.3 is 0 Å². The number of piperidine rings is 1. The van der Waals surface area contributed by atoms with Crippen LogP contribution in [0.25, 0.3) is 11.0 Å². The number of hydrogen-bond acceptors (Lipinski definition) is 7. The molecule has 0 aromatic carbocycles. The quantitative estimate of drug-likeness (QED) is 0.746. The number of nitrogens with one attached hydrogen (secondary N) is 1. The van der Waals surface area contributed by atoms with Crippen molar-refractivity contribution in [1.82, 2.24) is 18.8 Å². The Bertz CT molecular complexity index is 1120. The van der Waals surface area contributed by atoms with E-state index in [1.54, 1.807) is 30.7 Å². The average Bonchev–Trinajstić information content (AvgIpc) is 3.02. The van der Waals surface area contributed by atoms with Crippen LogP contribution in [0.15, 0.2) is 17.1 Å². The molecule has 1 aliphatic carbocycles. The first kappa shape index (κ1) is 21.2. The first-order chi connectivity index (χ1) is 14.1. The van der Waals surface area contributed by atoms with Crippen LogP contribution in [0.3, 0.4) is 0 Å². The number of hydrogen-bond donors (Lipinski definition) is 2. The minimum Gasteiger partial charge on any atom is -0.388 e. The number of aromatic nitrogens is 3. The van der Waals surface area contributed by atoms with Crippen LogP contribution >= 0.6 is 0 Å². The molecule has 2 N–H and O–H groups in total. The molecule has 4 rings (SSSR count). The number of fused-ring (bicyclic) bond motifs is 1. The lowest BCUT2D eigenvalue weighted by Gasteiger charge is -2.31. The molecule has 0 spiro atoms. The third-order valence-electron chi connectivity index (χ3n) is 6.40. The summed E-state index contributed by atoms with van der Waals surface area (Å²) in [6, 6.07) is 1.51. The molecule has 1 saturated carbocycles. The van der Waals surface area contributed by atoms with Crippen molar-refractivity contribution in [1.29, 1.82) is 0 Å². The largest absolute Gasteiger partial charge is 0.388 e. The van der Waals surface area contributed by atoms with E-state index in [2.05, 4.69) is 15.3 Å². The minimum atomic E-state index is -3.17. The first-order valence-electron chi connectivity index (χ1n) is 10.4. The van der Waals surface area contributed by atoms with Crippen LogP contribution < -0.4 is 10.9 Å². The molecule has 2 aromatic rings. The van der Waals surface area contributed by atoms with Gasteiger partial charge in [0.05, 0.1) is 17.9 Å². The second-order valence-electron chi connectivity index (χ2n) is 8.82. The van der Waals surface area contributed by atoms with Crippen molar-refractivity contribution in [2.75, 3.05) is 24.7 Å². The van der Waals surface area contributed by atoms with E-state index in [4.69, 9.17) is 0 Å². The molecule has 1 aliphatic heterocycles. The highest BCUT2D eigenvalue weighted by molar-refractivity contribution is 7.88. The monoisotopic (exact) mass is 435 g/mol. The zero-order valence-electron chi connectivity index (χ0n) is 17.6. The number of aryl methyl sites for hydroxylation is 1. The van der Waals surface area contributed by atoms with Gasteiger partial charge in [-0.05, 0) is 52.0 Å². The summed E-state index contributed by atoms with van der Waals surface area (Å²) in [5, 5.41) is 14.9. The number of sulfonamides is 1. The highest BCUT2D eigenvalue weighted by Gasteiger charge is 2.39. The van der Waals surface area contributed by atoms with Crippen molar-refractivity contribution in [3.05, 3.63) is 28.2 Å². The maximum absolute atomic E-state index is 13.0. The molecule has 2 atom stereocenters. The van der Waals surface area contributed by atoms with Crippen LogP contribution in [0.2, 0.25) is 0 Å². The second kappa shape index (κ2) is 7.58. The summed E-state index contributed by atoms with van der Waals surface area (Å²) < 4.78 is 26.5. The standard InChI is InChI=1S/C20H29N5O4S/c1-13-11-14-12-21-19(22-15-6-9-24(10-7-15)30(3,28)29)23-17(14)25(18(13)26)16-5-4-8-20(16,2)27/h11-12,15-16,27H,4-10H2,1-3H3,(H,21,22,23)/t16-,20-/m1/s1. The lowest BCUT2D eigenvalue weighted by molar-refractivity contribution is 0.0266. The van der Waals surface area contributed by atoms with E-state index >= 15 is 0 Å². The predicted molar refractivity (Wildman–Crippen MR) is 115 cm³/mol. The fraction of sp³-hybridized carbons (Fsp3) is 0.650. The molecule has 0 radical (unpaired) electrons. The summed E-state index contributed by atoms with van der Waals surface area (Å²) in [4.78, 5) is 22.1. The Balaban J connectivity index is 1.65. The Morgan fingerprint density at radius 1 is 1.27 bits per heavy atom. The molecule has 30 heavy (non-hydrogen) atoms. The molecule has 0 bridgehead atoms. The summed E-state index contributed by atoms with van der Waals surface area (Å²) in [6.45, 7) is 4.46. The number of nitrogens with zero attached hydrogens (tertiary/aromatic N) is 4. The van der Waals surface area contributed by atoms with Gasteiger partial charge in [-0.2, -0.15) is 4.98 Å². The van der Waals surface area contributed by atoms with Crippen molar-refractivity contribution in [2.24, 2.45) is 0 Å². The van der Waals surface area contributed by atoms with Crippen molar-refractivity contribution < 1.29 is 13.5 Å². The van der Waals surface area contributed by atoms with Gasteiger partial charge < -0.3 is 10.4 Å². The summed E-state index contributed by atoms with van der Waals surface area (Å²) in [5.41, 5.74) is 0.0222. The fourth-order valence-electron chi connectivity index (χ4n) is 4.67. The molecule has 0 amide bonds. The van der Waals surface area contributed by atoms with Gasteiger partial charge in [0.1, 0.15) is 5.65 Å². The molecule has 9 nitrogen and oxygen atoms in total. The zero-order chi connectivity index (χ0) is 21.7. The lowest BCUT2D eigenvalue weighted by Crippen LogP contribution is -2.42. The Hall–Kier alpha value is -2.04. The predicted octanol–water partition coefficient (Wildman–Crippen LogP) is 1.41. The third-order valence-corrected chi connectivity index (χ3v) is 7.70. The van der Waals surface area contributed by atoms with Gasteiger partial charge in [0, 0.05) is 36.3 Å². The Kier molecular flexibility index (Phi) is 5.36. The second-order valence-corrected chi connectivity index (χ2v) is 10.8. The molecule has 1 saturated heterocycles. The molecular formula is C20H29N5O4S. The van der Waals surface area contributed by atoms with Crippen LogP contribution in [0.4, 0.5) is 5.95 Å². The molecular weight excluding hydrogens is 406 g/mol. The van der Waals surface area contributed by atoms with Crippen molar-refractivity contribution in [3.63, 3.8) is 0 Å². The van der Waals surface area contributed by atoms with Gasteiger partial charge in [-0.25, -0.2) is 17.7 Å². The molecule has 3 heterocycles. The number of rotatable bonds is 4. The van der Waals surface area contributed by atoms with Gasteiger partial charge in [0.25, 0.3) is 5.56 Å². The van der Waals surface area contributed by atoms with E-state index < -0.39 is 15.6 Å². The minimum absolute atomic E-state index is 0.0562. The molecule has 10 heteroatoms. The summed E-state index contributed by atoms with van der Waals surface area (Å²) >= 11 is 0. The van der Waals surface area contributed by atoms with E-state index in [1.165, 1.54) is 10.6 Å². The van der Waals surface area contributed by atoms with E-state index in [0.29, 0.717) is 49.5 Å². The van der Waals surface area contributed by atoms with E-state index in [1.807, 2.05) is 0 Å². The van der Waals surface area contributed by atoms with Crippen LogP contribution in [0.5, 0.6) is 0 Å². The van der Waals surface area contributed by atoms with Gasteiger partial charge in [0.15, 0.2) is 0 Å². The molecule has 2 aliphatic rings. The highest BCUT2D eigenvalue weighted by Crippen LogP contribution is 2.39. The topological polar surface area (TPSA) is 117 Å². The van der Waals surface area contributed by atoms with Gasteiger partial charge in [0.2, 0.25) is 16.0 Å². The Morgan fingerprint density at radius 2 is 1.97 bits per heavy atom. The van der Waals surface area contributed by atoms with E-state index in [9.17, 15) is 18.3 Å². The van der Waals surface area contributed by atoms with Gasteiger partial charge in [-0.3, -0.25) is 9.36 Å². The third kappa shape index (κ3) is 3.95. The molecule has 2 fully saturated rings. The smallest absolute Gasteiger partial charge is 0.255 e. The lowest BCUT2D eigenvalue weighted by atomic mass is 9.99. The SMILES string of the molecule is Cc1cc2cnc(NC3CCN(S(C)(=O)=O)CC3)nc2n([C@@H]2CCC[C@@]2(C)O)c1=O. The van der Waals surface area contributed by atoms with Gasteiger partial charge in [-0.1, -0.05) is 0 Å². The Labute approximate surface area is 176 Å². The maximum atomic E-state index is 13.0. The van der Waals surface area contributed by atoms with Crippen LogP contribution in [-0.4, -0.2) is 63.4 Å².